The van der Waals surface area contributed by atoms with Gasteiger partial charge in [-0.15, -0.1) is 0 Å². The molecular weight excluding hydrogens is 305 g/mol. The summed E-state index contributed by atoms with van der Waals surface area (Å²) in [6.45, 7) is 5.27. The number of ether oxygens (including phenoxy) is 1. The summed E-state index contributed by atoms with van der Waals surface area (Å²) >= 11 is 0. The van der Waals surface area contributed by atoms with Gasteiger partial charge < -0.3 is 4.74 Å². The van der Waals surface area contributed by atoms with Crippen LogP contribution in [0, 0.1) is 17.8 Å². The van der Waals surface area contributed by atoms with Gasteiger partial charge in [0, 0.05) is 6.42 Å². The summed E-state index contributed by atoms with van der Waals surface area (Å²) in [6, 6.07) is 0. The number of alkyl halides is 1. The summed E-state index contributed by atoms with van der Waals surface area (Å²) in [7, 11) is 0. The van der Waals surface area contributed by atoms with Crippen molar-refractivity contribution in [1.29, 1.82) is 0 Å². The molecule has 0 aliphatic heterocycles. The normalized spacial score (nSPS) is 31.6. The van der Waals surface area contributed by atoms with Crippen LogP contribution in [0.1, 0.15) is 52.9 Å². The van der Waals surface area contributed by atoms with Crippen molar-refractivity contribution in [3.8, 4) is 0 Å². The SMILES string of the molecule is CC1=C(F)CC=CC(C2CCC(F)CC2)C1C(=O)OC(C)C.F. The molecule has 0 aromatic rings. The maximum atomic E-state index is 14.1. The molecule has 2 rings (SSSR count). The summed E-state index contributed by atoms with van der Waals surface area (Å²) < 4.78 is 32.9. The topological polar surface area (TPSA) is 26.3 Å². The van der Waals surface area contributed by atoms with Crippen LogP contribution in [0.2, 0.25) is 0 Å². The lowest BCUT2D eigenvalue weighted by Gasteiger charge is -2.34. The summed E-state index contributed by atoms with van der Waals surface area (Å²) in [4.78, 5) is 12.5. The molecule has 2 nitrogen and oxygen atoms in total. The Balaban J connectivity index is 0.00000264. The van der Waals surface area contributed by atoms with Gasteiger partial charge in [0.2, 0.25) is 0 Å². The average molecular weight is 332 g/mol. The lowest BCUT2D eigenvalue weighted by molar-refractivity contribution is -0.153. The molecule has 1 saturated carbocycles. The molecule has 0 N–H and O–H groups in total. The molecule has 0 spiro atoms. The highest BCUT2D eigenvalue weighted by Gasteiger charge is 2.39. The van der Waals surface area contributed by atoms with E-state index in [1.54, 1.807) is 26.8 Å². The third-order valence-corrected chi connectivity index (χ3v) is 4.79. The van der Waals surface area contributed by atoms with Gasteiger partial charge in [-0.3, -0.25) is 9.50 Å². The molecule has 0 aromatic heterocycles. The van der Waals surface area contributed by atoms with E-state index in [1.165, 1.54) is 0 Å². The number of hydrogen-bond donors (Lipinski definition) is 0. The Labute approximate surface area is 136 Å². The second-order valence-electron chi connectivity index (χ2n) is 6.77. The summed E-state index contributed by atoms with van der Waals surface area (Å²) in [5.74, 6) is -1.06. The third kappa shape index (κ3) is 4.85. The van der Waals surface area contributed by atoms with E-state index in [9.17, 15) is 13.6 Å². The van der Waals surface area contributed by atoms with Crippen LogP contribution >= 0.6 is 0 Å². The zero-order valence-corrected chi connectivity index (χ0v) is 14.1. The standard InChI is InChI=1S/C18H26F2O2.FH/c1-11(2)22-18(21)17-12(3)16(20)6-4-5-15(17)13-7-9-14(19)10-8-13;/h4-5,11,13-15,17H,6-10H2,1-3H3;1H. The number of allylic oxidation sites excluding steroid dienone is 3. The van der Waals surface area contributed by atoms with Gasteiger partial charge in [0.05, 0.1) is 12.0 Å². The van der Waals surface area contributed by atoms with Crippen LogP contribution in [-0.2, 0) is 9.53 Å². The Kier molecular flexibility index (Phi) is 7.36. The smallest absolute Gasteiger partial charge is 0.314 e. The van der Waals surface area contributed by atoms with Crippen molar-refractivity contribution in [2.75, 3.05) is 0 Å². The van der Waals surface area contributed by atoms with Crippen molar-refractivity contribution in [2.45, 2.75) is 65.2 Å². The van der Waals surface area contributed by atoms with Crippen molar-refractivity contribution < 1.29 is 23.0 Å². The molecule has 23 heavy (non-hydrogen) atoms. The highest BCUT2D eigenvalue weighted by molar-refractivity contribution is 5.77. The van der Waals surface area contributed by atoms with Crippen LogP contribution < -0.4 is 0 Å². The van der Waals surface area contributed by atoms with Gasteiger partial charge in [-0.05, 0) is 63.9 Å². The van der Waals surface area contributed by atoms with E-state index in [0.29, 0.717) is 18.4 Å². The monoisotopic (exact) mass is 332 g/mol. The number of rotatable bonds is 3. The third-order valence-electron chi connectivity index (χ3n) is 4.79. The molecule has 2 atom stereocenters. The molecule has 0 radical (unpaired) electrons. The molecule has 2 aliphatic carbocycles. The van der Waals surface area contributed by atoms with E-state index in [0.717, 1.165) is 12.8 Å². The fraction of sp³-hybridized carbons (Fsp3) is 0.722. The molecular formula is C18H27F3O2. The number of esters is 1. The van der Waals surface area contributed by atoms with Crippen molar-refractivity contribution in [2.24, 2.45) is 17.8 Å². The Morgan fingerprint density at radius 1 is 1.26 bits per heavy atom. The minimum Gasteiger partial charge on any atom is -0.462 e. The van der Waals surface area contributed by atoms with E-state index in [4.69, 9.17) is 4.74 Å². The Bertz CT molecular complexity index is 463. The Morgan fingerprint density at radius 3 is 2.43 bits per heavy atom. The maximum Gasteiger partial charge on any atom is 0.314 e. The first-order valence-electron chi connectivity index (χ1n) is 8.26. The van der Waals surface area contributed by atoms with Crippen molar-refractivity contribution in [1.82, 2.24) is 0 Å². The van der Waals surface area contributed by atoms with Crippen LogP contribution in [0.15, 0.2) is 23.6 Å². The van der Waals surface area contributed by atoms with Crippen molar-refractivity contribution >= 4 is 5.97 Å². The summed E-state index contributed by atoms with van der Waals surface area (Å²) in [5.41, 5.74) is 0.475. The molecule has 2 unspecified atom stereocenters. The van der Waals surface area contributed by atoms with E-state index >= 15 is 0 Å². The molecule has 132 valence electrons. The lowest BCUT2D eigenvalue weighted by Crippen LogP contribution is -2.34. The zero-order chi connectivity index (χ0) is 16.3. The highest BCUT2D eigenvalue weighted by Crippen LogP contribution is 2.41. The Hall–Kier alpha value is -1.26. The second kappa shape index (κ2) is 8.55. The predicted octanol–water partition coefficient (Wildman–Crippen LogP) is 5.05. The van der Waals surface area contributed by atoms with E-state index in [2.05, 4.69) is 0 Å². The van der Waals surface area contributed by atoms with Gasteiger partial charge in [0.1, 0.15) is 12.0 Å². The fourth-order valence-corrected chi connectivity index (χ4v) is 3.59. The maximum absolute atomic E-state index is 14.1. The molecule has 5 heteroatoms. The minimum absolute atomic E-state index is 0. The second-order valence-corrected chi connectivity index (χ2v) is 6.77. The van der Waals surface area contributed by atoms with Gasteiger partial charge in [0.15, 0.2) is 0 Å². The van der Waals surface area contributed by atoms with Crippen molar-refractivity contribution in [3.05, 3.63) is 23.6 Å². The van der Waals surface area contributed by atoms with Gasteiger partial charge in [-0.25, -0.2) is 8.78 Å². The van der Waals surface area contributed by atoms with Crippen LogP contribution in [0.3, 0.4) is 0 Å². The number of carbonyl (C=O) groups is 1. The summed E-state index contributed by atoms with van der Waals surface area (Å²) in [6.07, 6.45) is 5.58. The molecule has 2 aliphatic rings. The van der Waals surface area contributed by atoms with Crippen LogP contribution in [0.25, 0.3) is 0 Å². The van der Waals surface area contributed by atoms with Crippen LogP contribution in [0.5, 0.6) is 0 Å². The van der Waals surface area contributed by atoms with Crippen LogP contribution in [-0.4, -0.2) is 18.2 Å². The van der Waals surface area contributed by atoms with E-state index in [-0.39, 0.29) is 40.9 Å². The molecule has 0 saturated heterocycles. The number of carbonyl (C=O) groups excluding carboxylic acids is 1. The lowest BCUT2D eigenvalue weighted by atomic mass is 9.72. The molecule has 0 aromatic carbocycles. The molecule has 0 heterocycles. The summed E-state index contributed by atoms with van der Waals surface area (Å²) in [5, 5.41) is 0. The number of halogens is 3. The van der Waals surface area contributed by atoms with E-state index < -0.39 is 12.1 Å². The van der Waals surface area contributed by atoms with Gasteiger partial charge >= 0.3 is 5.97 Å². The zero-order valence-electron chi connectivity index (χ0n) is 14.1. The molecule has 0 bridgehead atoms. The molecule has 1 fully saturated rings. The number of hydrogen-bond acceptors (Lipinski definition) is 2. The first kappa shape index (κ1) is 19.8. The van der Waals surface area contributed by atoms with E-state index in [1.807, 2.05) is 6.08 Å². The largest absolute Gasteiger partial charge is 0.462 e. The highest BCUT2D eigenvalue weighted by atomic mass is 19.1. The van der Waals surface area contributed by atoms with Crippen molar-refractivity contribution in [3.63, 3.8) is 0 Å². The average Bonchev–Trinajstić information content (AvgIpc) is 2.59. The predicted molar refractivity (Wildman–Crippen MR) is 85.1 cm³/mol. The first-order valence-corrected chi connectivity index (χ1v) is 8.26. The van der Waals surface area contributed by atoms with Gasteiger partial charge in [0.25, 0.3) is 0 Å². The van der Waals surface area contributed by atoms with Gasteiger partial charge in [-0.1, -0.05) is 12.2 Å². The Morgan fingerprint density at radius 2 is 1.87 bits per heavy atom. The van der Waals surface area contributed by atoms with Gasteiger partial charge in [-0.2, -0.15) is 0 Å². The van der Waals surface area contributed by atoms with Crippen LogP contribution in [0.4, 0.5) is 13.5 Å². The molecule has 0 amide bonds. The fourth-order valence-electron chi connectivity index (χ4n) is 3.59. The minimum atomic E-state index is -0.736. The quantitative estimate of drug-likeness (QED) is 0.534. The first-order chi connectivity index (χ1) is 10.4.